The van der Waals surface area contributed by atoms with Crippen molar-refractivity contribution in [2.75, 3.05) is 18.9 Å². The summed E-state index contributed by atoms with van der Waals surface area (Å²) in [7, 11) is 1.36. The second-order valence-electron chi connectivity index (χ2n) is 3.76. The summed E-state index contributed by atoms with van der Waals surface area (Å²) in [5.74, 6) is -1.53. The molecule has 1 aromatic carbocycles. The number of nitrogens with one attached hydrogen (secondary N) is 1. The Bertz CT molecular complexity index is 493. The number of halogens is 2. The van der Waals surface area contributed by atoms with Crippen molar-refractivity contribution in [3.8, 4) is 0 Å². The third-order valence-corrected chi connectivity index (χ3v) is 2.84. The van der Waals surface area contributed by atoms with Gasteiger partial charge in [0.1, 0.15) is 12.4 Å². The van der Waals surface area contributed by atoms with E-state index in [4.69, 9.17) is 5.11 Å². The Morgan fingerprint density at radius 3 is 2.67 bits per heavy atom. The van der Waals surface area contributed by atoms with Crippen LogP contribution >= 0.6 is 15.9 Å². The van der Waals surface area contributed by atoms with Crippen LogP contribution in [0, 0.1) is 12.7 Å². The first-order valence-corrected chi connectivity index (χ1v) is 5.80. The van der Waals surface area contributed by atoms with E-state index < -0.39 is 24.4 Å². The molecule has 2 N–H and O–H groups in total. The van der Waals surface area contributed by atoms with Crippen molar-refractivity contribution in [1.82, 2.24) is 4.90 Å². The molecule has 2 amide bonds. The maximum Gasteiger partial charge on any atom is 0.323 e. The number of carbonyl (C=O) groups excluding carboxylic acids is 1. The Balaban J connectivity index is 2.82. The monoisotopic (exact) mass is 318 g/mol. The second-order valence-corrected chi connectivity index (χ2v) is 4.62. The number of likely N-dealkylation sites (N-methyl/N-ethyl adjacent to an activating group) is 1. The Hall–Kier alpha value is -1.63. The molecule has 98 valence electrons. The number of carbonyl (C=O) groups is 2. The number of hydrogen-bond donors (Lipinski definition) is 2. The van der Waals surface area contributed by atoms with Crippen LogP contribution in [0.5, 0.6) is 0 Å². The second kappa shape index (κ2) is 5.81. The number of benzene rings is 1. The lowest BCUT2D eigenvalue weighted by atomic mass is 10.2. The minimum Gasteiger partial charge on any atom is -0.480 e. The summed E-state index contributed by atoms with van der Waals surface area (Å²) in [5, 5.41) is 11.1. The largest absolute Gasteiger partial charge is 0.480 e. The van der Waals surface area contributed by atoms with Crippen LogP contribution in [0.4, 0.5) is 14.9 Å². The number of carboxylic acid groups (broad SMARTS) is 1. The molecule has 18 heavy (non-hydrogen) atoms. The lowest BCUT2D eigenvalue weighted by Crippen LogP contribution is -2.35. The zero-order valence-electron chi connectivity index (χ0n) is 9.83. The number of carboxylic acids is 1. The molecule has 0 unspecified atom stereocenters. The van der Waals surface area contributed by atoms with Crippen LogP contribution in [-0.4, -0.2) is 35.6 Å². The average molecular weight is 319 g/mol. The van der Waals surface area contributed by atoms with Gasteiger partial charge in [0.2, 0.25) is 0 Å². The molecular weight excluding hydrogens is 307 g/mol. The fraction of sp³-hybridized carbons (Fsp3) is 0.273. The van der Waals surface area contributed by atoms with E-state index in [0.29, 0.717) is 11.3 Å². The molecule has 0 saturated heterocycles. The van der Waals surface area contributed by atoms with Crippen LogP contribution < -0.4 is 5.32 Å². The van der Waals surface area contributed by atoms with Crippen molar-refractivity contribution in [3.63, 3.8) is 0 Å². The lowest BCUT2D eigenvalue weighted by Gasteiger charge is -2.17. The molecule has 0 aliphatic carbocycles. The highest BCUT2D eigenvalue weighted by Gasteiger charge is 2.14. The SMILES string of the molecule is Cc1cc(F)c(Br)cc1NC(=O)N(C)CC(=O)O. The minimum atomic E-state index is -1.11. The van der Waals surface area contributed by atoms with Crippen molar-refractivity contribution < 1.29 is 19.1 Å². The lowest BCUT2D eigenvalue weighted by molar-refractivity contribution is -0.137. The topological polar surface area (TPSA) is 69.6 Å². The standard InChI is InChI=1S/C11H12BrFN2O3/c1-6-3-8(13)7(12)4-9(6)14-11(18)15(2)5-10(16)17/h3-4H,5H2,1-2H3,(H,14,18)(H,16,17). The molecule has 0 aliphatic rings. The van der Waals surface area contributed by atoms with Crippen molar-refractivity contribution in [3.05, 3.63) is 28.0 Å². The van der Waals surface area contributed by atoms with Gasteiger partial charge in [0, 0.05) is 12.7 Å². The van der Waals surface area contributed by atoms with E-state index in [-0.39, 0.29) is 4.47 Å². The molecule has 0 fully saturated rings. The summed E-state index contributed by atoms with van der Waals surface area (Å²) in [5.41, 5.74) is 0.971. The number of rotatable bonds is 3. The number of aliphatic carboxylic acids is 1. The van der Waals surface area contributed by atoms with Gasteiger partial charge < -0.3 is 15.3 Å². The fourth-order valence-electron chi connectivity index (χ4n) is 1.27. The number of nitrogens with zero attached hydrogens (tertiary/aromatic N) is 1. The summed E-state index contributed by atoms with van der Waals surface area (Å²) in [6.07, 6.45) is 0. The van der Waals surface area contributed by atoms with Crippen molar-refractivity contribution >= 4 is 33.6 Å². The van der Waals surface area contributed by atoms with Crippen molar-refractivity contribution in [2.45, 2.75) is 6.92 Å². The molecule has 0 heterocycles. The smallest absolute Gasteiger partial charge is 0.323 e. The van der Waals surface area contributed by atoms with E-state index in [2.05, 4.69) is 21.2 Å². The predicted octanol–water partition coefficient (Wildman–Crippen LogP) is 2.44. The summed E-state index contributed by atoms with van der Waals surface area (Å²) >= 11 is 3.01. The molecular formula is C11H12BrFN2O3. The van der Waals surface area contributed by atoms with Crippen LogP contribution in [0.15, 0.2) is 16.6 Å². The van der Waals surface area contributed by atoms with Crippen LogP contribution in [-0.2, 0) is 4.79 Å². The number of urea groups is 1. The molecule has 0 aromatic heterocycles. The molecule has 7 heteroatoms. The molecule has 0 spiro atoms. The van der Waals surface area contributed by atoms with Crippen LogP contribution in [0.2, 0.25) is 0 Å². The van der Waals surface area contributed by atoms with E-state index in [9.17, 15) is 14.0 Å². The average Bonchev–Trinajstić information content (AvgIpc) is 2.24. The molecule has 0 saturated carbocycles. The Morgan fingerprint density at radius 1 is 1.50 bits per heavy atom. The van der Waals surface area contributed by atoms with Gasteiger partial charge in [0.25, 0.3) is 0 Å². The highest BCUT2D eigenvalue weighted by atomic mass is 79.9. The zero-order chi connectivity index (χ0) is 13.9. The molecule has 1 aromatic rings. The van der Waals surface area contributed by atoms with E-state index in [0.717, 1.165) is 4.90 Å². The highest BCUT2D eigenvalue weighted by molar-refractivity contribution is 9.10. The first-order valence-electron chi connectivity index (χ1n) is 5.01. The molecule has 1 rings (SSSR count). The zero-order valence-corrected chi connectivity index (χ0v) is 11.4. The molecule has 0 atom stereocenters. The van der Waals surface area contributed by atoms with Crippen molar-refractivity contribution in [2.24, 2.45) is 0 Å². The van der Waals surface area contributed by atoms with Gasteiger partial charge in [0.15, 0.2) is 0 Å². The van der Waals surface area contributed by atoms with Crippen LogP contribution in [0.3, 0.4) is 0 Å². The van der Waals surface area contributed by atoms with Gasteiger partial charge in [-0.15, -0.1) is 0 Å². The minimum absolute atomic E-state index is 0.226. The summed E-state index contributed by atoms with van der Waals surface area (Å²) in [4.78, 5) is 23.1. The van der Waals surface area contributed by atoms with E-state index in [1.54, 1.807) is 6.92 Å². The Morgan fingerprint density at radius 2 is 2.11 bits per heavy atom. The van der Waals surface area contributed by atoms with Crippen LogP contribution in [0.1, 0.15) is 5.56 Å². The number of hydrogen-bond acceptors (Lipinski definition) is 2. The van der Waals surface area contributed by atoms with Gasteiger partial charge in [-0.2, -0.15) is 0 Å². The van der Waals surface area contributed by atoms with E-state index in [1.165, 1.54) is 19.2 Å². The van der Waals surface area contributed by atoms with Gasteiger partial charge in [-0.3, -0.25) is 4.79 Å². The predicted molar refractivity (Wildman–Crippen MR) is 68.1 cm³/mol. The number of anilines is 1. The molecule has 0 aliphatic heterocycles. The fourth-order valence-corrected chi connectivity index (χ4v) is 1.61. The third kappa shape index (κ3) is 3.69. The summed E-state index contributed by atoms with van der Waals surface area (Å²) in [6.45, 7) is 1.23. The van der Waals surface area contributed by atoms with Gasteiger partial charge in [0.05, 0.1) is 4.47 Å². The maximum absolute atomic E-state index is 13.2. The van der Waals surface area contributed by atoms with Crippen LogP contribution in [0.25, 0.3) is 0 Å². The third-order valence-electron chi connectivity index (χ3n) is 2.23. The molecule has 0 bridgehead atoms. The number of aryl methyl sites for hydroxylation is 1. The van der Waals surface area contributed by atoms with Gasteiger partial charge >= 0.3 is 12.0 Å². The van der Waals surface area contributed by atoms with Gasteiger partial charge in [-0.05, 0) is 40.5 Å². The maximum atomic E-state index is 13.2. The van der Waals surface area contributed by atoms with Crippen molar-refractivity contribution in [1.29, 1.82) is 0 Å². The van der Waals surface area contributed by atoms with Gasteiger partial charge in [-0.25, -0.2) is 9.18 Å². The Labute approximate surface area is 112 Å². The van der Waals surface area contributed by atoms with E-state index >= 15 is 0 Å². The molecule has 5 nitrogen and oxygen atoms in total. The summed E-state index contributed by atoms with van der Waals surface area (Å²) in [6, 6.07) is 2.13. The first kappa shape index (κ1) is 14.4. The molecule has 0 radical (unpaired) electrons. The first-order chi connectivity index (χ1) is 8.31. The highest BCUT2D eigenvalue weighted by Crippen LogP contribution is 2.24. The summed E-state index contributed by atoms with van der Waals surface area (Å²) < 4.78 is 13.4. The normalized spacial score (nSPS) is 10.0. The Kier molecular flexibility index (Phi) is 4.66. The van der Waals surface area contributed by atoms with E-state index in [1.807, 2.05) is 0 Å². The van der Waals surface area contributed by atoms with Gasteiger partial charge in [-0.1, -0.05) is 0 Å². The quantitative estimate of drug-likeness (QED) is 0.899. The number of amides is 2.